The number of esters is 1. The van der Waals surface area contributed by atoms with Crippen LogP contribution in [0, 0.1) is 5.92 Å². The van der Waals surface area contributed by atoms with Gasteiger partial charge in [0.05, 0.1) is 25.2 Å². The number of rotatable bonds is 14. The molecule has 0 radical (unpaired) electrons. The van der Waals surface area contributed by atoms with Crippen LogP contribution in [0.4, 0.5) is 0 Å². The maximum Gasteiger partial charge on any atom is 0.309 e. The number of aliphatic hydroxyl groups is 1. The van der Waals surface area contributed by atoms with E-state index in [2.05, 4.69) is 0 Å². The van der Waals surface area contributed by atoms with Crippen LogP contribution < -0.4 is 0 Å². The molecule has 1 N–H and O–H groups in total. The Morgan fingerprint density at radius 2 is 1.90 bits per heavy atom. The summed E-state index contributed by atoms with van der Waals surface area (Å²) in [5.41, 5.74) is 1.03. The Labute approximate surface area is 187 Å². The van der Waals surface area contributed by atoms with Crippen LogP contribution in [0.25, 0.3) is 0 Å². The fourth-order valence-corrected chi connectivity index (χ4v) is 4.10. The molecule has 4 unspecified atom stereocenters. The van der Waals surface area contributed by atoms with Crippen molar-refractivity contribution in [3.8, 4) is 0 Å². The number of carbonyl (C=O) groups excluding carboxylic acids is 1. The van der Waals surface area contributed by atoms with E-state index in [1.807, 2.05) is 44.2 Å². The zero-order chi connectivity index (χ0) is 22.5. The molecule has 1 aromatic carbocycles. The summed E-state index contributed by atoms with van der Waals surface area (Å²) in [5.74, 6) is -0.293. The molecule has 6 nitrogen and oxygen atoms in total. The second-order valence-corrected chi connectivity index (χ2v) is 8.31. The van der Waals surface area contributed by atoms with Gasteiger partial charge in [0, 0.05) is 20.1 Å². The molecule has 0 saturated carbocycles. The zero-order valence-corrected chi connectivity index (χ0v) is 19.3. The molecule has 0 amide bonds. The number of methoxy groups -OCH3 is 1. The van der Waals surface area contributed by atoms with Gasteiger partial charge in [-0.15, -0.1) is 0 Å². The molecule has 0 bridgehead atoms. The van der Waals surface area contributed by atoms with Gasteiger partial charge in [0.2, 0.25) is 0 Å². The summed E-state index contributed by atoms with van der Waals surface area (Å²) in [6.07, 6.45) is 4.55. The van der Waals surface area contributed by atoms with Crippen LogP contribution in [0.2, 0.25) is 0 Å². The van der Waals surface area contributed by atoms with E-state index in [4.69, 9.17) is 18.9 Å². The Morgan fingerprint density at radius 1 is 1.16 bits per heavy atom. The van der Waals surface area contributed by atoms with Gasteiger partial charge in [0.25, 0.3) is 0 Å². The molecule has 31 heavy (non-hydrogen) atoms. The first kappa shape index (κ1) is 25.8. The van der Waals surface area contributed by atoms with Crippen LogP contribution in [0.3, 0.4) is 0 Å². The summed E-state index contributed by atoms with van der Waals surface area (Å²) in [7, 11) is 1.71. The predicted octanol–water partition coefficient (Wildman–Crippen LogP) is 4.28. The van der Waals surface area contributed by atoms with Crippen molar-refractivity contribution in [2.75, 3.05) is 20.3 Å². The smallest absolute Gasteiger partial charge is 0.309 e. The van der Waals surface area contributed by atoms with Gasteiger partial charge in [0.15, 0.2) is 0 Å². The standard InChI is InChI=1S/C25H40O6/c1-4-20(5-2)25(27)31-22-16-21(14-10-7-11-15-28-3)30-23(17-26)24(22)29-18-19-12-8-6-9-13-19/h6,8-9,12-13,20-24,26H,4-5,7,10-11,14-18H2,1-3H3. The molecule has 0 aliphatic carbocycles. The number of benzene rings is 1. The van der Waals surface area contributed by atoms with Crippen LogP contribution in [0.1, 0.15) is 64.4 Å². The van der Waals surface area contributed by atoms with Gasteiger partial charge >= 0.3 is 5.97 Å². The molecule has 1 aliphatic heterocycles. The van der Waals surface area contributed by atoms with E-state index < -0.39 is 18.3 Å². The lowest BCUT2D eigenvalue weighted by molar-refractivity contribution is -0.217. The van der Waals surface area contributed by atoms with Crippen LogP contribution in [0.5, 0.6) is 0 Å². The minimum atomic E-state index is -0.513. The lowest BCUT2D eigenvalue weighted by atomic mass is 9.94. The normalized spacial score (nSPS) is 23.8. The van der Waals surface area contributed by atoms with Crippen molar-refractivity contribution in [3.63, 3.8) is 0 Å². The summed E-state index contributed by atoms with van der Waals surface area (Å²) in [4.78, 5) is 12.7. The van der Waals surface area contributed by atoms with E-state index in [9.17, 15) is 9.90 Å². The highest BCUT2D eigenvalue weighted by atomic mass is 16.6. The number of hydrogen-bond donors (Lipinski definition) is 1. The Kier molecular flexibility index (Phi) is 12.1. The van der Waals surface area contributed by atoms with E-state index >= 15 is 0 Å². The predicted molar refractivity (Wildman–Crippen MR) is 120 cm³/mol. The van der Waals surface area contributed by atoms with E-state index in [0.29, 0.717) is 13.0 Å². The molecule has 1 saturated heterocycles. The molecular weight excluding hydrogens is 396 g/mol. The fourth-order valence-electron chi connectivity index (χ4n) is 4.10. The van der Waals surface area contributed by atoms with Gasteiger partial charge in [-0.3, -0.25) is 4.79 Å². The Bertz CT molecular complexity index is 603. The lowest BCUT2D eigenvalue weighted by Gasteiger charge is -2.41. The highest BCUT2D eigenvalue weighted by Crippen LogP contribution is 2.30. The molecule has 4 atom stereocenters. The van der Waals surface area contributed by atoms with E-state index in [1.165, 1.54) is 0 Å². The first-order chi connectivity index (χ1) is 15.1. The van der Waals surface area contributed by atoms with Gasteiger partial charge in [-0.1, -0.05) is 57.0 Å². The largest absolute Gasteiger partial charge is 0.459 e. The molecule has 176 valence electrons. The fraction of sp³-hybridized carbons (Fsp3) is 0.720. The maximum absolute atomic E-state index is 12.7. The Balaban J connectivity index is 2.05. The van der Waals surface area contributed by atoms with Crippen molar-refractivity contribution in [3.05, 3.63) is 35.9 Å². The van der Waals surface area contributed by atoms with Crippen molar-refractivity contribution in [1.29, 1.82) is 0 Å². The summed E-state index contributed by atoms with van der Waals surface area (Å²) >= 11 is 0. The maximum atomic E-state index is 12.7. The van der Waals surface area contributed by atoms with E-state index in [0.717, 1.165) is 50.7 Å². The van der Waals surface area contributed by atoms with Gasteiger partial charge in [-0.25, -0.2) is 0 Å². The molecule has 1 heterocycles. The average Bonchev–Trinajstić information content (AvgIpc) is 2.79. The van der Waals surface area contributed by atoms with E-state index in [-0.39, 0.29) is 24.6 Å². The number of carbonyl (C=O) groups is 1. The van der Waals surface area contributed by atoms with Crippen molar-refractivity contribution >= 4 is 5.97 Å². The molecule has 0 spiro atoms. The first-order valence-corrected chi connectivity index (χ1v) is 11.7. The highest BCUT2D eigenvalue weighted by Gasteiger charge is 2.41. The monoisotopic (exact) mass is 436 g/mol. The van der Waals surface area contributed by atoms with Crippen molar-refractivity contribution in [2.45, 2.75) is 89.8 Å². The van der Waals surface area contributed by atoms with Crippen molar-refractivity contribution < 1.29 is 28.8 Å². The third kappa shape index (κ3) is 8.53. The number of ether oxygens (including phenoxy) is 4. The second-order valence-electron chi connectivity index (χ2n) is 8.31. The molecule has 2 rings (SSSR count). The summed E-state index contributed by atoms with van der Waals surface area (Å²) in [6, 6.07) is 9.87. The third-order valence-corrected chi connectivity index (χ3v) is 6.02. The molecule has 0 aromatic heterocycles. The Hall–Kier alpha value is -1.47. The van der Waals surface area contributed by atoms with Gasteiger partial charge in [0.1, 0.15) is 18.3 Å². The zero-order valence-electron chi connectivity index (χ0n) is 19.3. The summed E-state index contributed by atoms with van der Waals surface area (Å²) < 4.78 is 23.4. The Morgan fingerprint density at radius 3 is 2.55 bits per heavy atom. The van der Waals surface area contributed by atoms with Crippen LogP contribution in [0.15, 0.2) is 30.3 Å². The topological polar surface area (TPSA) is 74.2 Å². The summed E-state index contributed by atoms with van der Waals surface area (Å²) in [5, 5.41) is 10.0. The number of hydrogen-bond acceptors (Lipinski definition) is 6. The van der Waals surface area contributed by atoms with Gasteiger partial charge in [-0.05, 0) is 31.2 Å². The quantitative estimate of drug-likeness (QED) is 0.347. The van der Waals surface area contributed by atoms with E-state index in [1.54, 1.807) is 7.11 Å². The van der Waals surface area contributed by atoms with Gasteiger partial charge in [-0.2, -0.15) is 0 Å². The van der Waals surface area contributed by atoms with Crippen molar-refractivity contribution in [2.24, 2.45) is 5.92 Å². The molecule has 1 aromatic rings. The minimum absolute atomic E-state index is 0.0595. The second kappa shape index (κ2) is 14.6. The van der Waals surface area contributed by atoms with Crippen LogP contribution in [-0.4, -0.2) is 55.8 Å². The lowest BCUT2D eigenvalue weighted by Crippen LogP contribution is -2.53. The average molecular weight is 437 g/mol. The van der Waals surface area contributed by atoms with Crippen molar-refractivity contribution in [1.82, 2.24) is 0 Å². The third-order valence-electron chi connectivity index (χ3n) is 6.02. The summed E-state index contributed by atoms with van der Waals surface area (Å²) in [6.45, 7) is 4.98. The number of unbranched alkanes of at least 4 members (excludes halogenated alkanes) is 2. The molecule has 1 fully saturated rings. The number of aliphatic hydroxyl groups excluding tert-OH is 1. The SMILES string of the molecule is CCC(CC)C(=O)OC1CC(CCCCCOC)OC(CO)C1OCc1ccccc1. The first-order valence-electron chi connectivity index (χ1n) is 11.7. The van der Waals surface area contributed by atoms with Crippen LogP contribution >= 0.6 is 0 Å². The van der Waals surface area contributed by atoms with Gasteiger partial charge < -0.3 is 24.1 Å². The minimum Gasteiger partial charge on any atom is -0.459 e. The molecule has 6 heteroatoms. The molecule has 1 aliphatic rings. The molecular formula is C25H40O6. The highest BCUT2D eigenvalue weighted by molar-refractivity contribution is 5.72. The van der Waals surface area contributed by atoms with Crippen LogP contribution in [-0.2, 0) is 30.3 Å².